The molecule has 5 nitrogen and oxygen atoms in total. The number of benzene rings is 1. The molecule has 2 aromatic rings. The highest BCUT2D eigenvalue weighted by Crippen LogP contribution is 2.19. The van der Waals surface area contributed by atoms with Gasteiger partial charge in [0.25, 0.3) is 0 Å². The normalized spacial score (nSPS) is 11.9. The van der Waals surface area contributed by atoms with E-state index in [1.807, 2.05) is 54.2 Å². The van der Waals surface area contributed by atoms with Gasteiger partial charge in [0.15, 0.2) is 5.96 Å². The van der Waals surface area contributed by atoms with Crippen molar-refractivity contribution in [2.24, 2.45) is 4.99 Å². The van der Waals surface area contributed by atoms with Crippen molar-refractivity contribution in [3.63, 3.8) is 0 Å². The second kappa shape index (κ2) is 10.8. The molecule has 0 atom stereocenters. The molecule has 0 aliphatic carbocycles. The molecule has 0 unspecified atom stereocenters. The summed E-state index contributed by atoms with van der Waals surface area (Å²) in [7, 11) is 0. The lowest BCUT2D eigenvalue weighted by molar-refractivity contribution is 0.301. The molecule has 0 aliphatic rings. The molecule has 0 radical (unpaired) electrons. The molecule has 0 saturated carbocycles. The van der Waals surface area contributed by atoms with Gasteiger partial charge in [-0.05, 0) is 56.9 Å². The molecule has 0 aliphatic heterocycles. The number of guanidine groups is 1. The highest BCUT2D eigenvalue weighted by atomic mass is 32.2. The predicted octanol–water partition coefficient (Wildman–Crippen LogP) is 3.86. The number of hydrogen-bond acceptors (Lipinski definition) is 4. The van der Waals surface area contributed by atoms with Gasteiger partial charge < -0.3 is 15.4 Å². The highest BCUT2D eigenvalue weighted by molar-refractivity contribution is 7.99. The van der Waals surface area contributed by atoms with Crippen molar-refractivity contribution in [3.8, 4) is 5.75 Å². The molecule has 0 bridgehead atoms. The van der Waals surface area contributed by atoms with Gasteiger partial charge >= 0.3 is 0 Å². The average Bonchev–Trinajstić information content (AvgIpc) is 2.70. The molecule has 146 valence electrons. The fraction of sp³-hybridized carbons (Fsp3) is 0.429. The van der Waals surface area contributed by atoms with Crippen molar-refractivity contribution in [3.05, 3.63) is 59.9 Å². The van der Waals surface area contributed by atoms with Gasteiger partial charge in [0, 0.05) is 24.0 Å². The molecule has 0 spiro atoms. The van der Waals surface area contributed by atoms with Crippen LogP contribution in [-0.2, 0) is 13.2 Å². The molecule has 1 heterocycles. The Kier molecular flexibility index (Phi) is 8.45. The summed E-state index contributed by atoms with van der Waals surface area (Å²) in [6.07, 6.45) is 3.90. The van der Waals surface area contributed by atoms with Gasteiger partial charge in [-0.2, -0.15) is 11.8 Å². The summed E-state index contributed by atoms with van der Waals surface area (Å²) in [5.74, 6) is 1.68. The Hall–Kier alpha value is -2.21. The maximum absolute atomic E-state index is 5.77. The van der Waals surface area contributed by atoms with E-state index in [0.717, 1.165) is 36.1 Å². The third-order valence-corrected chi connectivity index (χ3v) is 5.28. The van der Waals surface area contributed by atoms with E-state index in [2.05, 4.69) is 47.6 Å². The van der Waals surface area contributed by atoms with Crippen molar-refractivity contribution in [1.29, 1.82) is 0 Å². The van der Waals surface area contributed by atoms with Gasteiger partial charge in [0.05, 0.1) is 12.2 Å². The zero-order valence-electron chi connectivity index (χ0n) is 16.7. The number of thioether (sulfide) groups is 1. The Labute approximate surface area is 167 Å². The van der Waals surface area contributed by atoms with Gasteiger partial charge in [-0.3, -0.25) is 4.98 Å². The minimum atomic E-state index is 0.169. The maximum Gasteiger partial charge on any atom is 0.191 e. The maximum atomic E-state index is 5.77. The lowest BCUT2D eigenvalue weighted by atomic mass is 10.2. The molecule has 0 saturated heterocycles. The van der Waals surface area contributed by atoms with Crippen LogP contribution in [0, 0.1) is 0 Å². The van der Waals surface area contributed by atoms with Crippen molar-refractivity contribution in [1.82, 2.24) is 15.6 Å². The number of rotatable bonds is 9. The molecule has 27 heavy (non-hydrogen) atoms. The van der Waals surface area contributed by atoms with Crippen molar-refractivity contribution in [2.75, 3.05) is 19.3 Å². The number of aliphatic imine (C=N–C) groups is 1. The zero-order chi connectivity index (χ0) is 19.5. The van der Waals surface area contributed by atoms with Crippen LogP contribution in [0.15, 0.2) is 53.7 Å². The highest BCUT2D eigenvalue weighted by Gasteiger charge is 2.16. The molecule has 2 N–H and O–H groups in total. The third kappa shape index (κ3) is 7.91. The third-order valence-electron chi connectivity index (χ3n) is 4.03. The summed E-state index contributed by atoms with van der Waals surface area (Å²) in [6, 6.07) is 13.9. The first kappa shape index (κ1) is 21.1. The number of pyridine rings is 1. The molecule has 1 aromatic carbocycles. The summed E-state index contributed by atoms with van der Waals surface area (Å²) in [5.41, 5.74) is 2.06. The standard InChI is InChI=1S/C21H30N4OS/c1-5-22-20(25-16-21(2,3)27-4)24-14-17-9-11-19(12-10-17)26-15-18-8-6-7-13-23-18/h6-13H,5,14-16H2,1-4H3,(H2,22,24,25). The number of hydrogen-bond donors (Lipinski definition) is 2. The second-order valence-corrected chi connectivity index (χ2v) is 8.28. The van der Waals surface area contributed by atoms with E-state index in [4.69, 9.17) is 4.74 Å². The van der Waals surface area contributed by atoms with Crippen LogP contribution >= 0.6 is 11.8 Å². The topological polar surface area (TPSA) is 58.5 Å². The van der Waals surface area contributed by atoms with E-state index in [1.54, 1.807) is 6.20 Å². The molecule has 1 aromatic heterocycles. The largest absolute Gasteiger partial charge is 0.487 e. The monoisotopic (exact) mass is 386 g/mol. The quantitative estimate of drug-likeness (QED) is 0.506. The first-order chi connectivity index (χ1) is 13.0. The van der Waals surface area contributed by atoms with E-state index < -0.39 is 0 Å². The SMILES string of the molecule is CCNC(=NCc1ccc(OCc2ccccn2)cc1)NCC(C)(C)SC. The Morgan fingerprint density at radius 3 is 2.56 bits per heavy atom. The van der Waals surface area contributed by atoms with Crippen LogP contribution in [0.4, 0.5) is 0 Å². The second-order valence-electron chi connectivity index (χ2n) is 6.77. The minimum Gasteiger partial charge on any atom is -0.487 e. The lowest BCUT2D eigenvalue weighted by Crippen LogP contribution is -2.43. The van der Waals surface area contributed by atoms with E-state index in [-0.39, 0.29) is 4.75 Å². The van der Waals surface area contributed by atoms with Gasteiger partial charge in [0.1, 0.15) is 12.4 Å². The fourth-order valence-corrected chi connectivity index (χ4v) is 2.43. The summed E-state index contributed by atoms with van der Waals surface area (Å²) in [6.45, 7) is 9.31. The van der Waals surface area contributed by atoms with Crippen LogP contribution in [0.1, 0.15) is 32.0 Å². The van der Waals surface area contributed by atoms with Crippen molar-refractivity contribution < 1.29 is 4.74 Å². The van der Waals surface area contributed by atoms with Crippen molar-refractivity contribution >= 4 is 17.7 Å². The molecule has 0 amide bonds. The smallest absolute Gasteiger partial charge is 0.191 e. The summed E-state index contributed by atoms with van der Waals surface area (Å²) in [4.78, 5) is 8.94. The van der Waals surface area contributed by atoms with Crippen molar-refractivity contribution in [2.45, 2.75) is 38.7 Å². The van der Waals surface area contributed by atoms with Gasteiger partial charge in [-0.25, -0.2) is 4.99 Å². The van der Waals surface area contributed by atoms with Crippen LogP contribution in [0.25, 0.3) is 0 Å². The summed E-state index contributed by atoms with van der Waals surface area (Å²) in [5, 5.41) is 6.72. The van der Waals surface area contributed by atoms with E-state index >= 15 is 0 Å². The first-order valence-electron chi connectivity index (χ1n) is 9.21. The van der Waals surface area contributed by atoms with Crippen LogP contribution in [0.2, 0.25) is 0 Å². The Morgan fingerprint density at radius 1 is 1.15 bits per heavy atom. The number of nitrogens with zero attached hydrogens (tertiary/aromatic N) is 2. The summed E-state index contributed by atoms with van der Waals surface area (Å²) >= 11 is 1.84. The van der Waals surface area contributed by atoms with Crippen LogP contribution in [-0.4, -0.2) is 35.0 Å². The first-order valence-corrected chi connectivity index (χ1v) is 10.4. The Bertz CT molecular complexity index is 702. The average molecular weight is 387 g/mol. The number of nitrogens with one attached hydrogen (secondary N) is 2. The van der Waals surface area contributed by atoms with Gasteiger partial charge in [-0.1, -0.05) is 18.2 Å². The predicted molar refractivity (Wildman–Crippen MR) is 115 cm³/mol. The molecule has 0 fully saturated rings. The van der Waals surface area contributed by atoms with Gasteiger partial charge in [0.2, 0.25) is 0 Å². The molecular weight excluding hydrogens is 356 g/mol. The summed E-state index contributed by atoms with van der Waals surface area (Å²) < 4.78 is 5.94. The van der Waals surface area contributed by atoms with Gasteiger partial charge in [-0.15, -0.1) is 0 Å². The zero-order valence-corrected chi connectivity index (χ0v) is 17.5. The number of ether oxygens (including phenoxy) is 1. The van der Waals surface area contributed by atoms with Crippen LogP contribution < -0.4 is 15.4 Å². The minimum absolute atomic E-state index is 0.169. The number of aromatic nitrogens is 1. The van der Waals surface area contributed by atoms with Crippen LogP contribution in [0.5, 0.6) is 5.75 Å². The van der Waals surface area contributed by atoms with E-state index in [9.17, 15) is 0 Å². The molecule has 2 rings (SSSR count). The van der Waals surface area contributed by atoms with Crippen LogP contribution in [0.3, 0.4) is 0 Å². The molecule has 6 heteroatoms. The Morgan fingerprint density at radius 2 is 1.93 bits per heavy atom. The van der Waals surface area contributed by atoms with E-state index in [1.165, 1.54) is 0 Å². The molecular formula is C21H30N4OS. The van der Waals surface area contributed by atoms with E-state index in [0.29, 0.717) is 13.2 Å². The Balaban J connectivity index is 1.88. The fourth-order valence-electron chi connectivity index (χ4n) is 2.21. The lowest BCUT2D eigenvalue weighted by Gasteiger charge is -2.23.